The van der Waals surface area contributed by atoms with Crippen LogP contribution in [0.5, 0.6) is 5.75 Å². The van der Waals surface area contributed by atoms with Gasteiger partial charge in [0, 0.05) is 12.6 Å². The Kier molecular flexibility index (Phi) is 8.43. The second-order valence-corrected chi connectivity index (χ2v) is 9.76. The van der Waals surface area contributed by atoms with Crippen molar-refractivity contribution in [3.63, 3.8) is 0 Å². The Morgan fingerprint density at radius 1 is 0.771 bits per heavy atom. The van der Waals surface area contributed by atoms with Gasteiger partial charge in [-0.25, -0.2) is 0 Å². The van der Waals surface area contributed by atoms with Crippen molar-refractivity contribution in [2.45, 2.75) is 57.9 Å². The minimum Gasteiger partial charge on any atom is -0.508 e. The normalized spacial score (nSPS) is 17.5. The summed E-state index contributed by atoms with van der Waals surface area (Å²) < 4.78 is 0. The molecule has 1 aliphatic carbocycles. The van der Waals surface area contributed by atoms with E-state index in [0.29, 0.717) is 12.3 Å². The van der Waals surface area contributed by atoms with Crippen molar-refractivity contribution in [1.82, 2.24) is 4.90 Å². The van der Waals surface area contributed by atoms with Crippen LogP contribution in [-0.2, 0) is 0 Å². The van der Waals surface area contributed by atoms with Crippen LogP contribution >= 0.6 is 0 Å². The summed E-state index contributed by atoms with van der Waals surface area (Å²) in [5, 5.41) is 19.9. The summed E-state index contributed by atoms with van der Waals surface area (Å²) in [6.07, 6.45) is 6.75. The average Bonchev–Trinajstić information content (AvgIpc) is 3.73. The predicted octanol–water partition coefficient (Wildman–Crippen LogP) is 7.10. The van der Waals surface area contributed by atoms with Gasteiger partial charge in [0.05, 0.1) is 0 Å². The highest BCUT2D eigenvalue weighted by atomic mass is 16.3. The van der Waals surface area contributed by atoms with Gasteiger partial charge in [-0.05, 0) is 103 Å². The van der Waals surface area contributed by atoms with Crippen LogP contribution in [0.1, 0.15) is 74.1 Å². The van der Waals surface area contributed by atoms with Crippen LogP contribution in [0, 0.1) is 0 Å². The standard InChI is InChI=1S/C31H35NO2.CH4/c33-21-5-10-30(25-6-2-1-3-7-25)31(27-8-4-9-29(34)22-27)26-13-11-23(12-14-26)24-17-19-32(20-18-24)28-15-16-28;/h1-4,6-9,11-14,22,24,28,33-34H,5,10,15-21H2;1H4/b31-30+;. The minimum absolute atomic E-state index is 0. The van der Waals surface area contributed by atoms with Gasteiger partial charge >= 0.3 is 0 Å². The smallest absolute Gasteiger partial charge is 0.116 e. The molecule has 1 heterocycles. The molecule has 3 aromatic carbocycles. The molecule has 2 N–H and O–H groups in total. The van der Waals surface area contributed by atoms with E-state index in [1.807, 2.05) is 18.2 Å². The lowest BCUT2D eigenvalue weighted by Crippen LogP contribution is -2.34. The van der Waals surface area contributed by atoms with Gasteiger partial charge in [-0.2, -0.15) is 0 Å². The second-order valence-electron chi connectivity index (χ2n) is 9.76. The summed E-state index contributed by atoms with van der Waals surface area (Å²) in [7, 11) is 0. The van der Waals surface area contributed by atoms with Crippen LogP contribution in [0.15, 0.2) is 78.9 Å². The van der Waals surface area contributed by atoms with Crippen molar-refractivity contribution in [2.24, 2.45) is 0 Å². The fourth-order valence-electron chi connectivity index (χ4n) is 5.44. The number of aliphatic hydroxyl groups is 1. The van der Waals surface area contributed by atoms with Gasteiger partial charge in [-0.3, -0.25) is 0 Å². The first-order valence-corrected chi connectivity index (χ1v) is 12.8. The van der Waals surface area contributed by atoms with Gasteiger partial charge in [0.25, 0.3) is 0 Å². The number of allylic oxidation sites excluding steroid dienone is 1. The van der Waals surface area contributed by atoms with E-state index in [9.17, 15) is 10.2 Å². The maximum absolute atomic E-state index is 10.2. The SMILES string of the molecule is C.OCCC/C(=C(/c1ccc(C2CCN(C3CC3)CC2)cc1)c1cccc(O)c1)c1ccccc1. The Balaban J connectivity index is 0.00000289. The minimum atomic E-state index is 0. The van der Waals surface area contributed by atoms with Crippen LogP contribution in [0.25, 0.3) is 11.1 Å². The van der Waals surface area contributed by atoms with Crippen LogP contribution < -0.4 is 0 Å². The maximum atomic E-state index is 10.2. The monoisotopic (exact) mass is 469 g/mol. The Morgan fingerprint density at radius 2 is 1.46 bits per heavy atom. The van der Waals surface area contributed by atoms with Crippen LogP contribution in [0.2, 0.25) is 0 Å². The van der Waals surface area contributed by atoms with Gasteiger partial charge in [0.1, 0.15) is 5.75 Å². The summed E-state index contributed by atoms with van der Waals surface area (Å²) in [6.45, 7) is 2.61. The van der Waals surface area contributed by atoms with E-state index in [-0.39, 0.29) is 19.8 Å². The highest BCUT2D eigenvalue weighted by molar-refractivity contribution is 5.98. The number of hydrogen-bond acceptors (Lipinski definition) is 3. The number of piperidine rings is 1. The van der Waals surface area contributed by atoms with E-state index in [0.717, 1.165) is 34.7 Å². The molecule has 0 aromatic heterocycles. The molecular formula is C32H39NO2. The molecule has 3 nitrogen and oxygen atoms in total. The Hall–Kier alpha value is -2.88. The van der Waals surface area contributed by atoms with E-state index >= 15 is 0 Å². The molecule has 0 bridgehead atoms. The molecular weight excluding hydrogens is 430 g/mol. The van der Waals surface area contributed by atoms with Crippen LogP contribution in [0.3, 0.4) is 0 Å². The van der Waals surface area contributed by atoms with Gasteiger partial charge in [0.2, 0.25) is 0 Å². The molecule has 5 rings (SSSR count). The summed E-state index contributed by atoms with van der Waals surface area (Å²) in [4.78, 5) is 2.68. The van der Waals surface area contributed by atoms with Crippen LogP contribution in [-0.4, -0.2) is 40.9 Å². The zero-order chi connectivity index (χ0) is 23.3. The number of nitrogens with zero attached hydrogens (tertiary/aromatic N) is 1. The van der Waals surface area contributed by atoms with Crippen molar-refractivity contribution < 1.29 is 10.2 Å². The zero-order valence-corrected chi connectivity index (χ0v) is 19.9. The molecule has 2 fully saturated rings. The molecule has 184 valence electrons. The molecule has 3 heteroatoms. The molecule has 0 spiro atoms. The average molecular weight is 470 g/mol. The molecule has 3 aromatic rings. The van der Waals surface area contributed by atoms with Gasteiger partial charge in [0.15, 0.2) is 0 Å². The molecule has 2 aliphatic rings. The topological polar surface area (TPSA) is 43.7 Å². The number of hydrogen-bond donors (Lipinski definition) is 2. The fraction of sp³-hybridized carbons (Fsp3) is 0.375. The maximum Gasteiger partial charge on any atom is 0.116 e. The molecule has 0 unspecified atom stereocenters. The van der Waals surface area contributed by atoms with Crippen molar-refractivity contribution in [3.05, 3.63) is 101 Å². The van der Waals surface area contributed by atoms with Crippen molar-refractivity contribution in [3.8, 4) is 5.75 Å². The third-order valence-corrected chi connectivity index (χ3v) is 7.41. The summed E-state index contributed by atoms with van der Waals surface area (Å²) in [5.41, 5.74) is 7.08. The molecule has 1 saturated heterocycles. The Morgan fingerprint density at radius 3 is 2.09 bits per heavy atom. The first-order valence-electron chi connectivity index (χ1n) is 12.8. The second kappa shape index (κ2) is 11.7. The highest BCUT2D eigenvalue weighted by Crippen LogP contribution is 2.38. The lowest BCUT2D eigenvalue weighted by Gasteiger charge is -2.32. The van der Waals surface area contributed by atoms with E-state index < -0.39 is 0 Å². The number of aromatic hydroxyl groups is 1. The summed E-state index contributed by atoms with van der Waals surface area (Å²) in [6, 6.07) is 28.0. The molecule has 0 amide bonds. The molecule has 35 heavy (non-hydrogen) atoms. The third kappa shape index (κ3) is 6.04. The lowest BCUT2D eigenvalue weighted by molar-refractivity contribution is 0.203. The van der Waals surface area contributed by atoms with Crippen molar-refractivity contribution >= 4 is 11.1 Å². The van der Waals surface area contributed by atoms with Gasteiger partial charge in [-0.15, -0.1) is 0 Å². The molecule has 1 aliphatic heterocycles. The van der Waals surface area contributed by atoms with E-state index in [4.69, 9.17) is 0 Å². The summed E-state index contributed by atoms with van der Waals surface area (Å²) >= 11 is 0. The molecule has 1 saturated carbocycles. The van der Waals surface area contributed by atoms with E-state index in [1.54, 1.807) is 6.07 Å². The molecule has 0 atom stereocenters. The number of phenols is 1. The number of rotatable bonds is 8. The lowest BCUT2D eigenvalue weighted by atomic mass is 9.85. The van der Waals surface area contributed by atoms with E-state index in [1.165, 1.54) is 49.9 Å². The third-order valence-electron chi connectivity index (χ3n) is 7.41. The number of phenolic OH excluding ortho intramolecular Hbond substituents is 1. The largest absolute Gasteiger partial charge is 0.508 e. The number of benzene rings is 3. The highest BCUT2D eigenvalue weighted by Gasteiger charge is 2.32. The van der Waals surface area contributed by atoms with Crippen LogP contribution in [0.4, 0.5) is 0 Å². The Labute approximate surface area is 210 Å². The van der Waals surface area contributed by atoms with Gasteiger partial charge in [-0.1, -0.05) is 74.2 Å². The zero-order valence-electron chi connectivity index (χ0n) is 19.9. The fourth-order valence-corrected chi connectivity index (χ4v) is 5.44. The van der Waals surface area contributed by atoms with E-state index in [2.05, 4.69) is 59.5 Å². The summed E-state index contributed by atoms with van der Waals surface area (Å²) in [5.74, 6) is 0.906. The first-order chi connectivity index (χ1) is 16.7. The predicted molar refractivity (Wildman–Crippen MR) is 147 cm³/mol. The van der Waals surface area contributed by atoms with Crippen molar-refractivity contribution in [1.29, 1.82) is 0 Å². The number of aliphatic hydroxyl groups excluding tert-OH is 1. The quantitative estimate of drug-likeness (QED) is 0.346. The van der Waals surface area contributed by atoms with Crippen molar-refractivity contribution in [2.75, 3.05) is 19.7 Å². The van der Waals surface area contributed by atoms with Gasteiger partial charge < -0.3 is 15.1 Å². The molecule has 0 radical (unpaired) electrons. The first kappa shape index (κ1) is 25.2. The Bertz CT molecular complexity index is 1110. The number of likely N-dealkylation sites (tertiary alicyclic amines) is 1.